The number of rotatable bonds is 4. The van der Waals surface area contributed by atoms with Gasteiger partial charge in [-0.1, -0.05) is 158 Å². The normalized spacial score (nSPS) is 13.7. The smallest absolute Gasteiger partial charge is 0.160 e. The van der Waals surface area contributed by atoms with Gasteiger partial charge in [-0.05, 0) is 82.2 Å². The molecule has 304 valence electrons. The lowest BCUT2D eigenvalue weighted by Gasteiger charge is -2.17. The van der Waals surface area contributed by atoms with E-state index in [0.29, 0.717) is 0 Å². The van der Waals surface area contributed by atoms with Gasteiger partial charge in [0.1, 0.15) is 0 Å². The van der Waals surface area contributed by atoms with E-state index in [1.54, 1.807) is 0 Å². The number of hydrogen-bond donors (Lipinski definition) is 0. The van der Waals surface area contributed by atoms with Gasteiger partial charge in [0, 0.05) is 68.5 Å². The quantitative estimate of drug-likeness (QED) is 0.169. The maximum absolute atomic E-state index is 5.68. The molecule has 13 aromatic rings. The summed E-state index contributed by atoms with van der Waals surface area (Å²) in [6.07, 6.45) is 3.95. The van der Waals surface area contributed by atoms with Crippen LogP contribution in [0, 0.1) is 0 Å². The van der Waals surface area contributed by atoms with Crippen LogP contribution in [-0.4, -0.2) is 16.1 Å². The van der Waals surface area contributed by atoms with Gasteiger partial charge in [0.25, 0.3) is 0 Å². The minimum absolute atomic E-state index is 0.728. The molecule has 3 nitrogen and oxygen atoms in total. The molecule has 0 N–H and O–H groups in total. The van der Waals surface area contributed by atoms with Crippen molar-refractivity contribution in [3.05, 3.63) is 217 Å². The minimum atomic E-state index is 0.728. The van der Waals surface area contributed by atoms with E-state index in [1.807, 2.05) is 22.7 Å². The lowest BCUT2D eigenvalue weighted by atomic mass is 9.97. The van der Waals surface area contributed by atoms with Gasteiger partial charge in [-0.15, -0.1) is 22.7 Å². The molecule has 0 radical (unpaired) electrons. The highest BCUT2D eigenvalue weighted by Gasteiger charge is 2.23. The molecule has 0 bridgehead atoms. The van der Waals surface area contributed by atoms with Crippen LogP contribution in [0.2, 0.25) is 0 Å². The zero-order valence-corrected chi connectivity index (χ0v) is 36.8. The Labute approximate surface area is 382 Å². The summed E-state index contributed by atoms with van der Waals surface area (Å²) in [7, 11) is 0. The van der Waals surface area contributed by atoms with Crippen molar-refractivity contribution in [2.24, 2.45) is 9.98 Å². The average molecular weight is 864 g/mol. The lowest BCUT2D eigenvalue weighted by molar-refractivity contribution is 1.09. The molecular formula is C60H37N3S2. The molecule has 0 spiro atoms. The second-order valence-corrected chi connectivity index (χ2v) is 19.3. The van der Waals surface area contributed by atoms with E-state index in [0.717, 1.165) is 41.2 Å². The topological polar surface area (TPSA) is 29.6 Å². The van der Waals surface area contributed by atoms with E-state index < -0.39 is 0 Å². The van der Waals surface area contributed by atoms with Crippen molar-refractivity contribution in [2.75, 3.05) is 0 Å². The number of hydrogen-bond acceptors (Lipinski definition) is 4. The third-order valence-corrected chi connectivity index (χ3v) is 15.8. The van der Waals surface area contributed by atoms with Gasteiger partial charge in [-0.25, -0.2) is 9.98 Å². The van der Waals surface area contributed by atoms with Crippen molar-refractivity contribution in [3.8, 4) is 5.69 Å². The van der Waals surface area contributed by atoms with Crippen LogP contribution in [0.15, 0.2) is 210 Å². The molecule has 1 aliphatic rings. The molecule has 0 saturated carbocycles. The zero-order valence-electron chi connectivity index (χ0n) is 35.1. The van der Waals surface area contributed by atoms with E-state index in [-0.39, 0.29) is 0 Å². The second kappa shape index (κ2) is 14.4. The summed E-state index contributed by atoms with van der Waals surface area (Å²) in [5, 5.41) is 14.9. The van der Waals surface area contributed by atoms with Gasteiger partial charge in [0.05, 0.1) is 32.8 Å². The zero-order chi connectivity index (χ0) is 42.6. The molecule has 5 heteroatoms. The summed E-state index contributed by atoms with van der Waals surface area (Å²) in [6, 6.07) is 71.2. The Kier molecular flexibility index (Phi) is 8.15. The summed E-state index contributed by atoms with van der Waals surface area (Å²) in [5.74, 6) is 0.728. The van der Waals surface area contributed by atoms with Crippen molar-refractivity contribution in [1.82, 2.24) is 4.57 Å². The van der Waals surface area contributed by atoms with Crippen LogP contribution in [-0.2, 0) is 0 Å². The predicted molar refractivity (Wildman–Crippen MR) is 282 cm³/mol. The Morgan fingerprint density at radius 1 is 0.431 bits per heavy atom. The van der Waals surface area contributed by atoms with Gasteiger partial charge >= 0.3 is 0 Å². The van der Waals surface area contributed by atoms with Crippen molar-refractivity contribution in [1.29, 1.82) is 0 Å². The van der Waals surface area contributed by atoms with Gasteiger partial charge < -0.3 is 4.57 Å². The summed E-state index contributed by atoms with van der Waals surface area (Å²) in [4.78, 5) is 11.3. The van der Waals surface area contributed by atoms with Crippen LogP contribution in [0.25, 0.3) is 106 Å². The highest BCUT2D eigenvalue weighted by molar-refractivity contribution is 7.26. The third-order valence-electron chi connectivity index (χ3n) is 13.4. The molecule has 0 unspecified atom stereocenters. The molecule has 1 aliphatic heterocycles. The molecule has 4 heterocycles. The van der Waals surface area contributed by atoms with Crippen molar-refractivity contribution in [2.45, 2.75) is 12.8 Å². The summed E-state index contributed by atoms with van der Waals surface area (Å²) in [5.41, 5.74) is 8.95. The molecule has 0 fully saturated rings. The number of fused-ring (bicyclic) bond motifs is 13. The molecule has 0 saturated heterocycles. The first kappa shape index (κ1) is 36.8. The highest BCUT2D eigenvalue weighted by Crippen LogP contribution is 2.46. The molecule has 0 atom stereocenters. The van der Waals surface area contributed by atoms with E-state index in [9.17, 15) is 0 Å². The molecular weight excluding hydrogens is 827 g/mol. The van der Waals surface area contributed by atoms with Crippen molar-refractivity contribution >= 4 is 134 Å². The first-order valence-electron chi connectivity index (χ1n) is 22.3. The van der Waals surface area contributed by atoms with E-state index in [2.05, 4.69) is 205 Å². The van der Waals surface area contributed by atoms with Crippen molar-refractivity contribution < 1.29 is 0 Å². The maximum Gasteiger partial charge on any atom is 0.160 e. The van der Waals surface area contributed by atoms with Crippen LogP contribution in [0.4, 0.5) is 0 Å². The summed E-state index contributed by atoms with van der Waals surface area (Å²) >= 11 is 3.73. The second-order valence-electron chi connectivity index (χ2n) is 17.1. The molecule has 3 aromatic heterocycles. The molecule has 0 amide bonds. The predicted octanol–water partition coefficient (Wildman–Crippen LogP) is 17.0. The van der Waals surface area contributed by atoms with E-state index in [1.165, 1.54) is 106 Å². The van der Waals surface area contributed by atoms with Gasteiger partial charge in [-0.2, -0.15) is 0 Å². The fourth-order valence-electron chi connectivity index (χ4n) is 10.5. The first-order valence-corrected chi connectivity index (χ1v) is 23.9. The Morgan fingerprint density at radius 2 is 1.09 bits per heavy atom. The van der Waals surface area contributed by atoms with Crippen LogP contribution in [0.1, 0.15) is 29.5 Å². The molecule has 65 heavy (non-hydrogen) atoms. The number of amidine groups is 1. The Hall–Kier alpha value is -7.70. The summed E-state index contributed by atoms with van der Waals surface area (Å²) in [6.45, 7) is 0. The lowest BCUT2D eigenvalue weighted by Crippen LogP contribution is -2.10. The SMILES string of the molecule is C1=C(c2ccc(-n3c4cc5ccccc5cc4c4ccc5ccccc5c43)c3sc4ccccc4c23)N=C(c2ccc3ccccc3c2)N=C(c2cccc3sc4ccccc4c23)CC1. The monoisotopic (exact) mass is 863 g/mol. The Balaban J connectivity index is 1.03. The Morgan fingerprint density at radius 3 is 1.92 bits per heavy atom. The first-order chi connectivity index (χ1) is 32.2. The molecule has 10 aromatic carbocycles. The highest BCUT2D eigenvalue weighted by atomic mass is 32.1. The summed E-state index contributed by atoms with van der Waals surface area (Å²) < 4.78 is 7.63. The average Bonchev–Trinajstić information content (AvgIpc) is 4.03. The van der Waals surface area contributed by atoms with Gasteiger partial charge in [-0.3, -0.25) is 0 Å². The van der Waals surface area contributed by atoms with Crippen LogP contribution >= 0.6 is 22.7 Å². The van der Waals surface area contributed by atoms with Gasteiger partial charge in [0.2, 0.25) is 0 Å². The van der Waals surface area contributed by atoms with Crippen LogP contribution in [0.5, 0.6) is 0 Å². The number of aliphatic imine (C=N–C) groups is 2. The molecule has 0 aliphatic carbocycles. The van der Waals surface area contributed by atoms with Gasteiger partial charge in [0.15, 0.2) is 5.84 Å². The number of thiophene rings is 2. The number of benzene rings is 10. The Bertz CT molecular complexity index is 4250. The van der Waals surface area contributed by atoms with Crippen LogP contribution in [0.3, 0.4) is 0 Å². The van der Waals surface area contributed by atoms with E-state index in [4.69, 9.17) is 9.98 Å². The third kappa shape index (κ3) is 5.72. The fraction of sp³-hybridized carbons (Fsp3) is 0.0333. The van der Waals surface area contributed by atoms with E-state index >= 15 is 0 Å². The minimum Gasteiger partial charge on any atom is -0.307 e. The maximum atomic E-state index is 5.68. The molecule has 14 rings (SSSR count). The fourth-order valence-corrected chi connectivity index (χ4v) is 12.8. The largest absolute Gasteiger partial charge is 0.307 e. The van der Waals surface area contributed by atoms with Crippen molar-refractivity contribution in [3.63, 3.8) is 0 Å². The number of allylic oxidation sites excluding steroid dienone is 1. The van der Waals surface area contributed by atoms with Crippen LogP contribution < -0.4 is 0 Å². The number of aromatic nitrogens is 1. The number of nitrogens with zero attached hydrogens (tertiary/aromatic N) is 3. The standard InChI is InChI=1S/C60H37N3S2/c1-2-15-38-33-41(28-27-36(38)13-1)60-61-49(44-21-11-26-55-56(44)46-19-7-9-24-53(46)64-55)22-12-23-50(62-60)45-31-32-51(59-57(45)47-20-8-10-25-54(47)65-59)63-52-35-40-17-4-3-16-39(40)34-48(52)43-30-29-37-14-5-6-18-42(37)58(43)63/h1-11,13-21,23-35H,12,22H2.